The molecule has 1 aliphatic rings. The minimum absolute atomic E-state index is 0.255. The van der Waals surface area contributed by atoms with E-state index in [1.807, 2.05) is 24.3 Å². The van der Waals surface area contributed by atoms with Crippen molar-refractivity contribution in [2.45, 2.75) is 32.1 Å². The van der Waals surface area contributed by atoms with Crippen molar-refractivity contribution in [3.8, 4) is 0 Å². The monoisotopic (exact) mass is 357 g/mol. The Morgan fingerprint density at radius 3 is 2.00 bits per heavy atom. The number of nitrogens with zero attached hydrogens (tertiary/aromatic N) is 1. The molecule has 2 aromatic carbocycles. The summed E-state index contributed by atoms with van der Waals surface area (Å²) < 4.78 is 26.8. The first-order valence-electron chi connectivity index (χ1n) is 9.19. The topological polar surface area (TPSA) is 37.4 Å². The van der Waals surface area contributed by atoms with Crippen molar-refractivity contribution in [3.05, 3.63) is 71.8 Å². The number of hydrogen-bond acceptors (Lipinski definition) is 2. The molecule has 0 amide bonds. The van der Waals surface area contributed by atoms with Gasteiger partial charge in [-0.25, -0.2) is 12.7 Å². The molecule has 0 atom stereocenters. The number of aryl methyl sites for hydroxylation is 1. The first-order chi connectivity index (χ1) is 12.1. The smallest absolute Gasteiger partial charge is 0.212 e. The predicted octanol–water partition coefficient (Wildman–Crippen LogP) is 3.90. The van der Waals surface area contributed by atoms with E-state index in [0.29, 0.717) is 25.4 Å². The van der Waals surface area contributed by atoms with E-state index in [2.05, 4.69) is 36.4 Å². The summed E-state index contributed by atoms with van der Waals surface area (Å²) in [4.78, 5) is 0. The molecule has 1 aliphatic heterocycles. The minimum atomic E-state index is -3.12. The van der Waals surface area contributed by atoms with Crippen molar-refractivity contribution in [2.75, 3.05) is 18.8 Å². The summed E-state index contributed by atoms with van der Waals surface area (Å²) in [5, 5.41) is 0. The van der Waals surface area contributed by atoms with Crippen LogP contribution in [0.5, 0.6) is 0 Å². The summed E-state index contributed by atoms with van der Waals surface area (Å²) in [6.07, 6.45) is 4.50. The van der Waals surface area contributed by atoms with Crippen LogP contribution < -0.4 is 0 Å². The number of sulfonamides is 1. The van der Waals surface area contributed by atoms with Crippen LogP contribution in [0.4, 0.5) is 0 Å². The molecular formula is C21H27NO2S. The average molecular weight is 358 g/mol. The molecule has 4 heteroatoms. The molecule has 0 aliphatic carbocycles. The van der Waals surface area contributed by atoms with Crippen LogP contribution in [0.15, 0.2) is 60.7 Å². The molecule has 3 rings (SSSR count). The third-order valence-electron chi connectivity index (χ3n) is 5.04. The van der Waals surface area contributed by atoms with Crippen molar-refractivity contribution in [2.24, 2.45) is 5.92 Å². The van der Waals surface area contributed by atoms with Gasteiger partial charge in [0, 0.05) is 13.1 Å². The summed E-state index contributed by atoms with van der Waals surface area (Å²) in [6, 6.07) is 20.6. The fourth-order valence-corrected chi connectivity index (χ4v) is 5.11. The van der Waals surface area contributed by atoms with Gasteiger partial charge in [-0.15, -0.1) is 0 Å². The molecule has 1 saturated heterocycles. The van der Waals surface area contributed by atoms with Crippen molar-refractivity contribution < 1.29 is 8.42 Å². The fourth-order valence-electron chi connectivity index (χ4n) is 3.57. The van der Waals surface area contributed by atoms with E-state index in [9.17, 15) is 8.42 Å². The first kappa shape index (κ1) is 18.2. The SMILES string of the molecule is O=S(=O)(CCCc1ccccc1)N1CCC(Cc2ccccc2)CC1. The van der Waals surface area contributed by atoms with Gasteiger partial charge in [0.25, 0.3) is 0 Å². The summed E-state index contributed by atoms with van der Waals surface area (Å²) in [7, 11) is -3.12. The summed E-state index contributed by atoms with van der Waals surface area (Å²) in [6.45, 7) is 1.34. The molecule has 0 saturated carbocycles. The Balaban J connectivity index is 1.44. The van der Waals surface area contributed by atoms with E-state index in [1.165, 1.54) is 11.1 Å². The van der Waals surface area contributed by atoms with Gasteiger partial charge >= 0.3 is 0 Å². The van der Waals surface area contributed by atoms with Gasteiger partial charge in [0.15, 0.2) is 0 Å². The van der Waals surface area contributed by atoms with Crippen molar-refractivity contribution in [1.29, 1.82) is 0 Å². The van der Waals surface area contributed by atoms with E-state index in [-0.39, 0.29) is 5.75 Å². The lowest BCUT2D eigenvalue weighted by Gasteiger charge is -2.31. The molecule has 0 unspecified atom stereocenters. The van der Waals surface area contributed by atoms with Crippen LogP contribution in [0.2, 0.25) is 0 Å². The van der Waals surface area contributed by atoms with Gasteiger partial charge < -0.3 is 0 Å². The van der Waals surface area contributed by atoms with Crippen molar-refractivity contribution >= 4 is 10.0 Å². The van der Waals surface area contributed by atoms with Gasteiger partial charge in [-0.05, 0) is 49.1 Å². The Kier molecular flexibility index (Phi) is 6.27. The van der Waals surface area contributed by atoms with Gasteiger partial charge in [0.2, 0.25) is 10.0 Å². The maximum Gasteiger partial charge on any atom is 0.214 e. The van der Waals surface area contributed by atoms with Gasteiger partial charge in [-0.2, -0.15) is 0 Å². The second-order valence-electron chi connectivity index (χ2n) is 6.94. The highest BCUT2D eigenvalue weighted by molar-refractivity contribution is 7.89. The Hall–Kier alpha value is -1.65. The van der Waals surface area contributed by atoms with Crippen LogP contribution in [-0.4, -0.2) is 31.6 Å². The number of hydrogen-bond donors (Lipinski definition) is 0. The highest BCUT2D eigenvalue weighted by atomic mass is 32.2. The quantitative estimate of drug-likeness (QED) is 0.753. The standard InChI is InChI=1S/C21H27NO2S/c23-25(24,17-7-12-19-8-3-1-4-9-19)22-15-13-21(14-16-22)18-20-10-5-2-6-11-20/h1-6,8-11,21H,7,12-18H2. The summed E-state index contributed by atoms with van der Waals surface area (Å²) in [5.41, 5.74) is 2.56. The molecule has 25 heavy (non-hydrogen) atoms. The normalized spacial score (nSPS) is 16.8. The minimum Gasteiger partial charge on any atom is -0.212 e. The van der Waals surface area contributed by atoms with Crippen LogP contribution in [0.3, 0.4) is 0 Å². The predicted molar refractivity (Wildman–Crippen MR) is 103 cm³/mol. The van der Waals surface area contributed by atoms with Gasteiger partial charge in [0.05, 0.1) is 5.75 Å². The lowest BCUT2D eigenvalue weighted by atomic mass is 9.91. The Morgan fingerprint density at radius 1 is 0.840 bits per heavy atom. The first-order valence-corrected chi connectivity index (χ1v) is 10.8. The molecule has 1 fully saturated rings. The maximum atomic E-state index is 12.6. The second kappa shape index (κ2) is 8.63. The molecular weight excluding hydrogens is 330 g/mol. The molecule has 134 valence electrons. The summed E-state index contributed by atoms with van der Waals surface area (Å²) in [5.74, 6) is 0.851. The third-order valence-corrected chi connectivity index (χ3v) is 7.00. The van der Waals surface area contributed by atoms with Crippen LogP contribution in [-0.2, 0) is 22.9 Å². The van der Waals surface area contributed by atoms with Gasteiger partial charge in [-0.1, -0.05) is 60.7 Å². The van der Waals surface area contributed by atoms with Crippen LogP contribution in [0, 0.1) is 5.92 Å². The highest BCUT2D eigenvalue weighted by Gasteiger charge is 2.27. The lowest BCUT2D eigenvalue weighted by Crippen LogP contribution is -2.40. The molecule has 0 radical (unpaired) electrons. The number of rotatable bonds is 7. The van der Waals surface area contributed by atoms with Crippen LogP contribution >= 0.6 is 0 Å². The van der Waals surface area contributed by atoms with Crippen molar-refractivity contribution in [1.82, 2.24) is 4.31 Å². The van der Waals surface area contributed by atoms with E-state index in [4.69, 9.17) is 0 Å². The molecule has 1 heterocycles. The Labute approximate surface area is 151 Å². The molecule has 2 aromatic rings. The summed E-state index contributed by atoms with van der Waals surface area (Å²) >= 11 is 0. The second-order valence-corrected chi connectivity index (χ2v) is 9.03. The largest absolute Gasteiger partial charge is 0.214 e. The van der Waals surface area contributed by atoms with Crippen LogP contribution in [0.1, 0.15) is 30.4 Å². The maximum absolute atomic E-state index is 12.6. The molecule has 3 nitrogen and oxygen atoms in total. The Morgan fingerprint density at radius 2 is 1.40 bits per heavy atom. The number of benzene rings is 2. The zero-order valence-electron chi connectivity index (χ0n) is 14.7. The Bertz CT molecular complexity index is 736. The van der Waals surface area contributed by atoms with E-state index < -0.39 is 10.0 Å². The van der Waals surface area contributed by atoms with Crippen molar-refractivity contribution in [3.63, 3.8) is 0 Å². The average Bonchev–Trinajstić information content (AvgIpc) is 2.64. The fraction of sp³-hybridized carbons (Fsp3) is 0.429. The molecule has 0 aromatic heterocycles. The lowest BCUT2D eigenvalue weighted by molar-refractivity contribution is 0.272. The highest BCUT2D eigenvalue weighted by Crippen LogP contribution is 2.23. The molecule has 0 bridgehead atoms. The van der Waals surface area contributed by atoms with E-state index in [0.717, 1.165) is 25.7 Å². The van der Waals surface area contributed by atoms with E-state index in [1.54, 1.807) is 4.31 Å². The number of piperidine rings is 1. The zero-order valence-corrected chi connectivity index (χ0v) is 15.5. The van der Waals surface area contributed by atoms with Gasteiger partial charge in [-0.3, -0.25) is 0 Å². The third kappa shape index (κ3) is 5.41. The van der Waals surface area contributed by atoms with E-state index >= 15 is 0 Å². The zero-order chi connectivity index (χ0) is 17.5. The van der Waals surface area contributed by atoms with Crippen LogP contribution in [0.25, 0.3) is 0 Å². The molecule has 0 N–H and O–H groups in total. The molecule has 0 spiro atoms. The van der Waals surface area contributed by atoms with Gasteiger partial charge in [0.1, 0.15) is 0 Å².